The van der Waals surface area contributed by atoms with Gasteiger partial charge in [-0.2, -0.15) is 0 Å². The summed E-state index contributed by atoms with van der Waals surface area (Å²) in [6.07, 6.45) is 2.77. The van der Waals surface area contributed by atoms with Crippen molar-refractivity contribution >= 4 is 11.7 Å². The summed E-state index contributed by atoms with van der Waals surface area (Å²) in [5.41, 5.74) is 0. The van der Waals surface area contributed by atoms with Crippen LogP contribution in [0.5, 0.6) is 0 Å². The molecule has 1 aromatic heterocycles. The van der Waals surface area contributed by atoms with Gasteiger partial charge in [0, 0.05) is 25.8 Å². The minimum absolute atomic E-state index is 0.0391. The Balaban J connectivity index is 2.01. The van der Waals surface area contributed by atoms with Crippen LogP contribution in [-0.2, 0) is 16.1 Å². The van der Waals surface area contributed by atoms with Crippen LogP contribution in [0, 0.1) is 0 Å². The van der Waals surface area contributed by atoms with Crippen LogP contribution in [0.2, 0.25) is 0 Å². The molecule has 1 saturated heterocycles. The van der Waals surface area contributed by atoms with Crippen molar-refractivity contribution < 1.29 is 14.0 Å². The largest absolute Gasteiger partial charge is 0.467 e. The van der Waals surface area contributed by atoms with E-state index in [1.807, 2.05) is 6.07 Å². The van der Waals surface area contributed by atoms with E-state index in [9.17, 15) is 9.59 Å². The number of rotatable bonds is 2. The first kappa shape index (κ1) is 9.96. The summed E-state index contributed by atoms with van der Waals surface area (Å²) < 4.78 is 5.17. The third kappa shape index (κ3) is 2.46. The summed E-state index contributed by atoms with van der Waals surface area (Å²) in [4.78, 5) is 24.5. The van der Waals surface area contributed by atoms with E-state index in [1.165, 1.54) is 0 Å². The van der Waals surface area contributed by atoms with Crippen molar-refractivity contribution in [1.29, 1.82) is 0 Å². The highest BCUT2D eigenvalue weighted by Crippen LogP contribution is 2.12. The van der Waals surface area contributed by atoms with E-state index in [2.05, 4.69) is 0 Å². The molecular weight excluding hydrogens is 194 g/mol. The number of hydrogen-bond acceptors (Lipinski definition) is 3. The lowest BCUT2D eigenvalue weighted by Crippen LogP contribution is -2.29. The van der Waals surface area contributed by atoms with E-state index in [0.717, 1.165) is 5.76 Å². The second-order valence-electron chi connectivity index (χ2n) is 3.68. The number of carbonyl (C=O) groups is 2. The Morgan fingerprint density at radius 1 is 1.27 bits per heavy atom. The average molecular weight is 207 g/mol. The molecule has 0 unspecified atom stereocenters. The molecule has 2 heterocycles. The highest BCUT2D eigenvalue weighted by Gasteiger charge is 2.21. The molecule has 4 nitrogen and oxygen atoms in total. The molecule has 0 bridgehead atoms. The van der Waals surface area contributed by atoms with E-state index < -0.39 is 0 Å². The van der Waals surface area contributed by atoms with Gasteiger partial charge in [-0.3, -0.25) is 9.59 Å². The zero-order valence-electron chi connectivity index (χ0n) is 8.44. The second-order valence-corrected chi connectivity index (χ2v) is 3.68. The molecule has 1 amide bonds. The Bertz CT molecular complexity index is 356. The molecule has 0 spiro atoms. The summed E-state index contributed by atoms with van der Waals surface area (Å²) in [6.45, 7) is 0.984. The highest BCUT2D eigenvalue weighted by atomic mass is 16.3. The maximum Gasteiger partial charge on any atom is 0.223 e. The first-order chi connectivity index (χ1) is 7.25. The number of furan rings is 1. The van der Waals surface area contributed by atoms with Gasteiger partial charge in [-0.15, -0.1) is 0 Å². The average Bonchev–Trinajstić information content (AvgIpc) is 2.67. The molecule has 0 atom stereocenters. The smallest absolute Gasteiger partial charge is 0.223 e. The molecule has 2 rings (SSSR count). The van der Waals surface area contributed by atoms with Gasteiger partial charge >= 0.3 is 0 Å². The van der Waals surface area contributed by atoms with Crippen molar-refractivity contribution in [3.05, 3.63) is 24.2 Å². The minimum Gasteiger partial charge on any atom is -0.467 e. The molecule has 0 aliphatic carbocycles. The molecule has 0 aromatic carbocycles. The fourth-order valence-electron chi connectivity index (χ4n) is 1.67. The van der Waals surface area contributed by atoms with Crippen LogP contribution in [0.25, 0.3) is 0 Å². The highest BCUT2D eigenvalue weighted by molar-refractivity contribution is 5.87. The van der Waals surface area contributed by atoms with E-state index in [4.69, 9.17) is 4.42 Å². The Morgan fingerprint density at radius 3 is 2.87 bits per heavy atom. The monoisotopic (exact) mass is 207 g/mol. The van der Waals surface area contributed by atoms with Crippen molar-refractivity contribution in [2.45, 2.75) is 25.8 Å². The Morgan fingerprint density at radius 2 is 2.13 bits per heavy atom. The SMILES string of the molecule is O=C1CCC(=O)N(Cc2ccco2)CC1. The van der Waals surface area contributed by atoms with Crippen LogP contribution in [0.4, 0.5) is 0 Å². The fourth-order valence-corrected chi connectivity index (χ4v) is 1.67. The molecule has 80 valence electrons. The first-order valence-corrected chi connectivity index (χ1v) is 5.07. The van der Waals surface area contributed by atoms with E-state index in [-0.39, 0.29) is 11.7 Å². The zero-order chi connectivity index (χ0) is 10.7. The molecule has 0 radical (unpaired) electrons. The summed E-state index contributed by atoms with van der Waals surface area (Å²) >= 11 is 0. The van der Waals surface area contributed by atoms with Crippen LogP contribution in [-0.4, -0.2) is 23.1 Å². The van der Waals surface area contributed by atoms with Gasteiger partial charge in [0.05, 0.1) is 12.8 Å². The van der Waals surface area contributed by atoms with Crippen LogP contribution < -0.4 is 0 Å². The van der Waals surface area contributed by atoms with Gasteiger partial charge in [-0.05, 0) is 12.1 Å². The predicted molar refractivity (Wildman–Crippen MR) is 53.0 cm³/mol. The standard InChI is InChI=1S/C11H13NO3/c13-9-3-4-11(14)12(6-5-9)8-10-2-1-7-15-10/h1-2,7H,3-6,8H2. The molecule has 1 aliphatic rings. The van der Waals surface area contributed by atoms with Crippen LogP contribution in [0.15, 0.2) is 22.8 Å². The van der Waals surface area contributed by atoms with Gasteiger partial charge < -0.3 is 9.32 Å². The van der Waals surface area contributed by atoms with Gasteiger partial charge in [0.25, 0.3) is 0 Å². The number of likely N-dealkylation sites (tertiary alicyclic amines) is 1. The number of ketones is 1. The Hall–Kier alpha value is -1.58. The van der Waals surface area contributed by atoms with Crippen molar-refractivity contribution in [2.24, 2.45) is 0 Å². The van der Waals surface area contributed by atoms with Crippen LogP contribution in [0.3, 0.4) is 0 Å². The number of amides is 1. The normalized spacial score (nSPS) is 18.0. The lowest BCUT2D eigenvalue weighted by molar-refractivity contribution is -0.131. The van der Waals surface area contributed by atoms with Crippen LogP contribution >= 0.6 is 0 Å². The van der Waals surface area contributed by atoms with Gasteiger partial charge in [0.2, 0.25) is 5.91 Å². The van der Waals surface area contributed by atoms with Gasteiger partial charge in [-0.1, -0.05) is 0 Å². The zero-order valence-corrected chi connectivity index (χ0v) is 8.44. The summed E-state index contributed by atoms with van der Waals surface area (Å²) in [6, 6.07) is 3.63. The Labute approximate surface area is 87.9 Å². The molecule has 1 aliphatic heterocycles. The molecule has 0 N–H and O–H groups in total. The van der Waals surface area contributed by atoms with E-state index >= 15 is 0 Å². The molecular formula is C11H13NO3. The third-order valence-corrected chi connectivity index (χ3v) is 2.56. The van der Waals surface area contributed by atoms with Crippen molar-refractivity contribution in [3.8, 4) is 0 Å². The van der Waals surface area contributed by atoms with Crippen LogP contribution in [0.1, 0.15) is 25.0 Å². The number of nitrogens with zero attached hydrogens (tertiary/aromatic N) is 1. The molecule has 15 heavy (non-hydrogen) atoms. The molecule has 0 saturated carbocycles. The molecule has 1 aromatic rings. The first-order valence-electron chi connectivity index (χ1n) is 5.07. The van der Waals surface area contributed by atoms with Gasteiger partial charge in [0.15, 0.2) is 0 Å². The maximum absolute atomic E-state index is 11.6. The predicted octanol–water partition coefficient (Wildman–Crippen LogP) is 1.36. The van der Waals surface area contributed by atoms with Crippen molar-refractivity contribution in [3.63, 3.8) is 0 Å². The van der Waals surface area contributed by atoms with E-state index in [1.54, 1.807) is 17.2 Å². The lowest BCUT2D eigenvalue weighted by atomic mass is 10.2. The maximum atomic E-state index is 11.6. The van der Waals surface area contributed by atoms with Gasteiger partial charge in [0.1, 0.15) is 11.5 Å². The molecule has 1 fully saturated rings. The van der Waals surface area contributed by atoms with Crippen molar-refractivity contribution in [1.82, 2.24) is 4.90 Å². The second kappa shape index (κ2) is 4.29. The minimum atomic E-state index is 0.0391. The quantitative estimate of drug-likeness (QED) is 0.735. The number of Topliss-reactive ketones (excluding diaryl/α,β-unsaturated/α-hetero) is 1. The van der Waals surface area contributed by atoms with Gasteiger partial charge in [-0.25, -0.2) is 0 Å². The summed E-state index contributed by atoms with van der Waals surface area (Å²) in [7, 11) is 0. The number of hydrogen-bond donors (Lipinski definition) is 0. The number of carbonyl (C=O) groups excluding carboxylic acids is 2. The van der Waals surface area contributed by atoms with Crippen molar-refractivity contribution in [2.75, 3.05) is 6.54 Å². The fraction of sp³-hybridized carbons (Fsp3) is 0.455. The molecule has 4 heteroatoms. The summed E-state index contributed by atoms with van der Waals surface area (Å²) in [5.74, 6) is 0.972. The van der Waals surface area contributed by atoms with E-state index in [0.29, 0.717) is 32.4 Å². The summed E-state index contributed by atoms with van der Waals surface area (Å²) in [5, 5.41) is 0. The third-order valence-electron chi connectivity index (χ3n) is 2.56. The topological polar surface area (TPSA) is 50.5 Å². The Kier molecular flexibility index (Phi) is 2.85. The lowest BCUT2D eigenvalue weighted by Gasteiger charge is -2.18.